The number of methoxy groups -OCH3 is 1. The van der Waals surface area contributed by atoms with E-state index in [1.54, 1.807) is 24.3 Å². The first-order chi connectivity index (χ1) is 15.4. The van der Waals surface area contributed by atoms with E-state index in [-0.39, 0.29) is 0 Å². The molecule has 2 rings (SSSR count). The Hall–Kier alpha value is -3.75. The van der Waals surface area contributed by atoms with Crippen LogP contribution in [0.15, 0.2) is 36.4 Å². The molecular weight excluding hydrogens is 416 g/mol. The number of hydrogen-bond donors (Lipinski definition) is 2. The van der Waals surface area contributed by atoms with Gasteiger partial charge < -0.3 is 29.6 Å². The summed E-state index contributed by atoms with van der Waals surface area (Å²) in [4.78, 5) is 36.4. The number of carbonyl (C=O) groups is 3. The summed E-state index contributed by atoms with van der Waals surface area (Å²) in [7, 11) is 1.49. The highest BCUT2D eigenvalue weighted by molar-refractivity contribution is 5.97. The lowest BCUT2D eigenvalue weighted by atomic mass is 10.2. The van der Waals surface area contributed by atoms with Crippen LogP contribution in [0.4, 0.5) is 5.69 Å². The lowest BCUT2D eigenvalue weighted by Crippen LogP contribution is -2.32. The second kappa shape index (κ2) is 12.2. The van der Waals surface area contributed by atoms with E-state index in [9.17, 15) is 14.4 Å². The number of anilines is 1. The number of hydrogen-bond acceptors (Lipinski definition) is 7. The first kappa shape index (κ1) is 24.5. The summed E-state index contributed by atoms with van der Waals surface area (Å²) in [5.74, 6) is -0.305. The fraction of sp³-hybridized carbons (Fsp3) is 0.348. The molecule has 2 N–H and O–H groups in total. The molecular formula is C23H28N2O7. The zero-order chi connectivity index (χ0) is 23.5. The van der Waals surface area contributed by atoms with Crippen LogP contribution in [0.1, 0.15) is 29.8 Å². The summed E-state index contributed by atoms with van der Waals surface area (Å²) < 4.78 is 21.1. The number of benzene rings is 2. The van der Waals surface area contributed by atoms with Crippen molar-refractivity contribution in [2.45, 2.75) is 20.8 Å². The van der Waals surface area contributed by atoms with Crippen LogP contribution in [0.3, 0.4) is 0 Å². The van der Waals surface area contributed by atoms with E-state index in [2.05, 4.69) is 10.6 Å². The van der Waals surface area contributed by atoms with Gasteiger partial charge in [-0.1, -0.05) is 6.07 Å². The third kappa shape index (κ3) is 7.19. The van der Waals surface area contributed by atoms with E-state index >= 15 is 0 Å². The van der Waals surface area contributed by atoms with Gasteiger partial charge in [-0.2, -0.15) is 0 Å². The second-order valence-corrected chi connectivity index (χ2v) is 6.62. The Kier molecular flexibility index (Phi) is 9.34. The average Bonchev–Trinajstić information content (AvgIpc) is 2.77. The van der Waals surface area contributed by atoms with Crippen molar-refractivity contribution < 1.29 is 33.3 Å². The molecule has 2 amide bonds. The van der Waals surface area contributed by atoms with Crippen molar-refractivity contribution in [1.82, 2.24) is 5.32 Å². The van der Waals surface area contributed by atoms with Gasteiger partial charge >= 0.3 is 5.97 Å². The Bertz CT molecular complexity index is 959. The van der Waals surface area contributed by atoms with Gasteiger partial charge in [-0.25, -0.2) is 0 Å². The Morgan fingerprint density at radius 3 is 2.28 bits per heavy atom. The number of carbonyl (C=O) groups excluding carboxylic acids is 3. The number of ether oxygens (including phenoxy) is 4. The van der Waals surface area contributed by atoms with Gasteiger partial charge in [-0.15, -0.1) is 0 Å². The van der Waals surface area contributed by atoms with Crippen LogP contribution in [0, 0.1) is 6.92 Å². The maximum atomic E-state index is 12.3. The molecule has 0 bridgehead atoms. The Morgan fingerprint density at radius 2 is 1.59 bits per heavy atom. The number of nitrogens with one attached hydrogen (secondary N) is 2. The summed E-state index contributed by atoms with van der Waals surface area (Å²) in [6, 6.07) is 10.1. The van der Waals surface area contributed by atoms with Crippen molar-refractivity contribution in [3.05, 3.63) is 47.5 Å². The number of rotatable bonds is 11. The predicted octanol–water partition coefficient (Wildman–Crippen LogP) is 2.71. The summed E-state index contributed by atoms with van der Waals surface area (Å²) in [5.41, 5.74) is 1.71. The van der Waals surface area contributed by atoms with Gasteiger partial charge in [0.2, 0.25) is 0 Å². The number of amides is 2. The minimum absolute atomic E-state index is 0.300. The minimum Gasteiger partial charge on any atom is -0.495 e. The maximum absolute atomic E-state index is 12.3. The van der Waals surface area contributed by atoms with Crippen molar-refractivity contribution in [3.63, 3.8) is 0 Å². The minimum atomic E-state index is -0.749. The van der Waals surface area contributed by atoms with E-state index < -0.39 is 30.9 Å². The lowest BCUT2D eigenvalue weighted by molar-refractivity contribution is -0.146. The van der Waals surface area contributed by atoms with Gasteiger partial charge in [0.05, 0.1) is 26.0 Å². The maximum Gasteiger partial charge on any atom is 0.325 e. The summed E-state index contributed by atoms with van der Waals surface area (Å²) in [5, 5.41) is 5.08. The summed E-state index contributed by atoms with van der Waals surface area (Å²) in [6.45, 7) is 5.53. The number of aryl methyl sites for hydroxylation is 1. The van der Waals surface area contributed by atoms with Crippen molar-refractivity contribution in [1.29, 1.82) is 0 Å². The van der Waals surface area contributed by atoms with Crippen LogP contribution in [-0.4, -0.2) is 51.3 Å². The highest BCUT2D eigenvalue weighted by Gasteiger charge is 2.14. The monoisotopic (exact) mass is 444 g/mol. The molecule has 0 saturated heterocycles. The topological polar surface area (TPSA) is 112 Å². The first-order valence-corrected chi connectivity index (χ1v) is 10.2. The lowest BCUT2D eigenvalue weighted by Gasteiger charge is -2.13. The fourth-order valence-electron chi connectivity index (χ4n) is 2.75. The molecule has 9 heteroatoms. The molecule has 0 heterocycles. The Balaban J connectivity index is 1.85. The van der Waals surface area contributed by atoms with Crippen LogP contribution in [-0.2, 0) is 14.3 Å². The van der Waals surface area contributed by atoms with Crippen LogP contribution < -0.4 is 24.8 Å². The van der Waals surface area contributed by atoms with Crippen LogP contribution in [0.2, 0.25) is 0 Å². The molecule has 0 aliphatic heterocycles. The van der Waals surface area contributed by atoms with Crippen molar-refractivity contribution >= 4 is 23.5 Å². The summed E-state index contributed by atoms with van der Waals surface area (Å²) >= 11 is 0. The van der Waals surface area contributed by atoms with Crippen molar-refractivity contribution in [2.24, 2.45) is 0 Å². The smallest absolute Gasteiger partial charge is 0.325 e. The molecule has 0 atom stereocenters. The third-order valence-corrected chi connectivity index (χ3v) is 4.19. The molecule has 0 saturated carbocycles. The largest absolute Gasteiger partial charge is 0.495 e. The SMILES string of the molecule is CCOc1ccc(C(=O)NCC(=O)OCC(=O)Nc2cc(C)ccc2OC)cc1OCC. The van der Waals surface area contributed by atoms with Gasteiger partial charge in [0.25, 0.3) is 11.8 Å². The average molecular weight is 444 g/mol. The Morgan fingerprint density at radius 1 is 0.906 bits per heavy atom. The summed E-state index contributed by atoms with van der Waals surface area (Å²) in [6.07, 6.45) is 0. The van der Waals surface area contributed by atoms with E-state index in [1.165, 1.54) is 13.2 Å². The van der Waals surface area contributed by atoms with Crippen LogP contribution in [0.5, 0.6) is 17.2 Å². The van der Waals surface area contributed by atoms with Gasteiger partial charge in [0.1, 0.15) is 12.3 Å². The van der Waals surface area contributed by atoms with Crippen molar-refractivity contribution in [2.75, 3.05) is 38.8 Å². The third-order valence-electron chi connectivity index (χ3n) is 4.19. The molecule has 0 spiro atoms. The fourth-order valence-corrected chi connectivity index (χ4v) is 2.75. The second-order valence-electron chi connectivity index (χ2n) is 6.62. The molecule has 2 aromatic rings. The van der Waals surface area contributed by atoms with Gasteiger partial charge in [0.15, 0.2) is 18.1 Å². The predicted molar refractivity (Wildman–Crippen MR) is 118 cm³/mol. The molecule has 0 unspecified atom stereocenters. The molecule has 0 radical (unpaired) electrons. The highest BCUT2D eigenvalue weighted by Crippen LogP contribution is 2.28. The van der Waals surface area contributed by atoms with E-state index in [0.29, 0.717) is 41.7 Å². The highest BCUT2D eigenvalue weighted by atomic mass is 16.5. The van der Waals surface area contributed by atoms with E-state index in [4.69, 9.17) is 18.9 Å². The van der Waals surface area contributed by atoms with Gasteiger partial charge in [-0.05, 0) is 56.7 Å². The zero-order valence-electron chi connectivity index (χ0n) is 18.7. The zero-order valence-corrected chi connectivity index (χ0v) is 18.7. The van der Waals surface area contributed by atoms with Crippen molar-refractivity contribution in [3.8, 4) is 17.2 Å². The molecule has 0 aliphatic rings. The standard InChI is InChI=1S/C23H28N2O7/c1-5-30-19-10-8-16(12-20(19)31-6-2)23(28)24-13-22(27)32-14-21(26)25-17-11-15(3)7-9-18(17)29-4/h7-12H,5-6,13-14H2,1-4H3,(H,24,28)(H,25,26). The molecule has 0 aromatic heterocycles. The molecule has 9 nitrogen and oxygen atoms in total. The molecule has 2 aromatic carbocycles. The van der Waals surface area contributed by atoms with E-state index in [0.717, 1.165) is 5.56 Å². The van der Waals surface area contributed by atoms with Gasteiger partial charge in [0, 0.05) is 5.56 Å². The van der Waals surface area contributed by atoms with Crippen LogP contribution in [0.25, 0.3) is 0 Å². The van der Waals surface area contributed by atoms with Gasteiger partial charge in [-0.3, -0.25) is 14.4 Å². The quantitative estimate of drug-likeness (QED) is 0.513. The Labute approximate surface area is 187 Å². The number of esters is 1. The van der Waals surface area contributed by atoms with E-state index in [1.807, 2.05) is 26.8 Å². The first-order valence-electron chi connectivity index (χ1n) is 10.2. The normalized spacial score (nSPS) is 10.1. The molecule has 0 aliphatic carbocycles. The molecule has 0 fully saturated rings. The molecule has 172 valence electrons. The molecule has 32 heavy (non-hydrogen) atoms. The van der Waals surface area contributed by atoms with Crippen LogP contribution >= 0.6 is 0 Å².